The van der Waals surface area contributed by atoms with Crippen LogP contribution in [0.15, 0.2) is 42.5 Å². The molecule has 0 fully saturated rings. The molecule has 4 nitrogen and oxygen atoms in total. The molecule has 0 unspecified atom stereocenters. The molecule has 0 spiro atoms. The number of nitrogen functional groups attached to an aromatic ring is 1. The molecule has 0 aliphatic rings. The monoisotopic (exact) mass is 274 g/mol. The highest BCUT2D eigenvalue weighted by Gasteiger charge is 2.08. The average Bonchev–Trinajstić information content (AvgIpc) is 2.42. The second-order valence-electron chi connectivity index (χ2n) is 4.32. The Kier molecular flexibility index (Phi) is 4.20. The second kappa shape index (κ2) is 6.06. The molecule has 0 saturated carbocycles. The van der Waals surface area contributed by atoms with Crippen LogP contribution < -0.4 is 15.8 Å². The van der Waals surface area contributed by atoms with Crippen molar-refractivity contribution in [2.24, 2.45) is 0 Å². The normalized spacial score (nSPS) is 10.1. The van der Waals surface area contributed by atoms with Gasteiger partial charge >= 0.3 is 0 Å². The molecule has 0 atom stereocenters. The molecule has 0 aliphatic heterocycles. The van der Waals surface area contributed by atoms with E-state index >= 15 is 0 Å². The molecule has 0 aromatic heterocycles. The SMILES string of the molecule is COc1cccc(CC(=O)Nc2ccc(N)cc2F)c1. The number of rotatable bonds is 4. The molecule has 2 rings (SSSR count). The van der Waals surface area contributed by atoms with Crippen molar-refractivity contribution in [1.29, 1.82) is 0 Å². The Morgan fingerprint density at radius 3 is 2.80 bits per heavy atom. The molecule has 2 aromatic carbocycles. The van der Waals surface area contributed by atoms with Gasteiger partial charge in [0.1, 0.15) is 11.6 Å². The third-order valence-corrected chi connectivity index (χ3v) is 2.77. The van der Waals surface area contributed by atoms with Crippen LogP contribution in [0, 0.1) is 5.82 Å². The Labute approximate surface area is 116 Å². The van der Waals surface area contributed by atoms with E-state index in [1.54, 1.807) is 31.4 Å². The van der Waals surface area contributed by atoms with Crippen molar-refractivity contribution >= 4 is 17.3 Å². The zero-order valence-corrected chi connectivity index (χ0v) is 11.0. The summed E-state index contributed by atoms with van der Waals surface area (Å²) in [6, 6.07) is 11.3. The van der Waals surface area contributed by atoms with Gasteiger partial charge in [-0.25, -0.2) is 4.39 Å². The summed E-state index contributed by atoms with van der Waals surface area (Å²) in [5.74, 6) is -0.181. The van der Waals surface area contributed by atoms with Crippen molar-refractivity contribution in [2.45, 2.75) is 6.42 Å². The van der Waals surface area contributed by atoms with E-state index < -0.39 is 5.82 Å². The van der Waals surface area contributed by atoms with Gasteiger partial charge in [0.25, 0.3) is 0 Å². The number of carbonyl (C=O) groups is 1. The maximum Gasteiger partial charge on any atom is 0.228 e. The number of hydrogen-bond donors (Lipinski definition) is 2. The van der Waals surface area contributed by atoms with Crippen LogP contribution in [0.25, 0.3) is 0 Å². The minimum absolute atomic E-state index is 0.118. The van der Waals surface area contributed by atoms with E-state index in [2.05, 4.69) is 5.32 Å². The number of amides is 1. The maximum atomic E-state index is 13.6. The van der Waals surface area contributed by atoms with E-state index in [0.29, 0.717) is 11.4 Å². The van der Waals surface area contributed by atoms with Gasteiger partial charge in [0, 0.05) is 5.69 Å². The molecule has 0 saturated heterocycles. The molecular weight excluding hydrogens is 259 g/mol. The fraction of sp³-hybridized carbons (Fsp3) is 0.133. The maximum absolute atomic E-state index is 13.6. The summed E-state index contributed by atoms with van der Waals surface area (Å²) < 4.78 is 18.6. The molecule has 0 radical (unpaired) electrons. The van der Waals surface area contributed by atoms with Gasteiger partial charge in [0.15, 0.2) is 0 Å². The highest BCUT2D eigenvalue weighted by atomic mass is 19.1. The van der Waals surface area contributed by atoms with E-state index in [9.17, 15) is 9.18 Å². The molecule has 20 heavy (non-hydrogen) atoms. The van der Waals surface area contributed by atoms with Crippen molar-refractivity contribution in [3.8, 4) is 5.75 Å². The van der Waals surface area contributed by atoms with Crippen molar-refractivity contribution in [1.82, 2.24) is 0 Å². The zero-order valence-electron chi connectivity index (χ0n) is 11.0. The van der Waals surface area contributed by atoms with Crippen LogP contribution in [0.1, 0.15) is 5.56 Å². The van der Waals surface area contributed by atoms with Gasteiger partial charge in [-0.05, 0) is 35.9 Å². The number of carbonyl (C=O) groups excluding carboxylic acids is 1. The fourth-order valence-electron chi connectivity index (χ4n) is 1.79. The first-order chi connectivity index (χ1) is 9.58. The standard InChI is InChI=1S/C15H15FN2O2/c1-20-12-4-2-3-10(7-12)8-15(19)18-14-6-5-11(17)9-13(14)16/h2-7,9H,8,17H2,1H3,(H,18,19). The first-order valence-electron chi connectivity index (χ1n) is 6.06. The summed E-state index contributed by atoms with van der Waals surface area (Å²) >= 11 is 0. The summed E-state index contributed by atoms with van der Waals surface area (Å²) in [7, 11) is 1.56. The van der Waals surface area contributed by atoms with Crippen molar-refractivity contribution in [3.63, 3.8) is 0 Å². The van der Waals surface area contributed by atoms with Gasteiger partial charge in [-0.15, -0.1) is 0 Å². The predicted molar refractivity (Wildman–Crippen MR) is 76.1 cm³/mol. The van der Waals surface area contributed by atoms with E-state index in [1.807, 2.05) is 0 Å². The Balaban J connectivity index is 2.05. The largest absolute Gasteiger partial charge is 0.497 e. The molecule has 3 N–H and O–H groups in total. The van der Waals surface area contributed by atoms with Gasteiger partial charge in [-0.2, -0.15) is 0 Å². The van der Waals surface area contributed by atoms with Gasteiger partial charge in [0.05, 0.1) is 19.2 Å². The average molecular weight is 274 g/mol. The molecule has 0 aliphatic carbocycles. The summed E-state index contributed by atoms with van der Waals surface area (Å²) in [5.41, 5.74) is 6.67. The summed E-state index contributed by atoms with van der Waals surface area (Å²) in [6.45, 7) is 0. The molecule has 104 valence electrons. The van der Waals surface area contributed by atoms with Crippen molar-refractivity contribution in [2.75, 3.05) is 18.2 Å². The number of methoxy groups -OCH3 is 1. The predicted octanol–water partition coefficient (Wildman–Crippen LogP) is 2.60. The highest BCUT2D eigenvalue weighted by Crippen LogP contribution is 2.18. The van der Waals surface area contributed by atoms with Crippen LogP contribution in [-0.2, 0) is 11.2 Å². The number of benzene rings is 2. The number of nitrogens with two attached hydrogens (primary N) is 1. The molecule has 5 heteroatoms. The van der Waals surface area contributed by atoms with Crippen molar-refractivity contribution in [3.05, 3.63) is 53.8 Å². The molecule has 1 amide bonds. The Morgan fingerprint density at radius 1 is 1.30 bits per heavy atom. The Morgan fingerprint density at radius 2 is 2.10 bits per heavy atom. The summed E-state index contributed by atoms with van der Waals surface area (Å²) in [4.78, 5) is 11.9. The number of halogens is 1. The van der Waals surface area contributed by atoms with E-state index in [-0.39, 0.29) is 18.0 Å². The minimum Gasteiger partial charge on any atom is -0.497 e. The number of hydrogen-bond acceptors (Lipinski definition) is 3. The van der Waals surface area contributed by atoms with Gasteiger partial charge in [0.2, 0.25) is 5.91 Å². The van der Waals surface area contributed by atoms with Crippen LogP contribution in [0.2, 0.25) is 0 Å². The van der Waals surface area contributed by atoms with Gasteiger partial charge in [-0.1, -0.05) is 12.1 Å². The van der Waals surface area contributed by atoms with Crippen LogP contribution >= 0.6 is 0 Å². The van der Waals surface area contributed by atoms with E-state index in [4.69, 9.17) is 10.5 Å². The summed E-state index contributed by atoms with van der Waals surface area (Å²) in [5, 5.41) is 2.51. The first-order valence-corrected chi connectivity index (χ1v) is 6.06. The first kappa shape index (κ1) is 13.9. The van der Waals surface area contributed by atoms with Crippen LogP contribution in [0.4, 0.5) is 15.8 Å². The topological polar surface area (TPSA) is 64.3 Å². The highest BCUT2D eigenvalue weighted by molar-refractivity contribution is 5.92. The van der Waals surface area contributed by atoms with E-state index in [1.165, 1.54) is 18.2 Å². The lowest BCUT2D eigenvalue weighted by Crippen LogP contribution is -2.15. The van der Waals surface area contributed by atoms with Gasteiger partial charge < -0.3 is 15.8 Å². The smallest absolute Gasteiger partial charge is 0.228 e. The fourth-order valence-corrected chi connectivity index (χ4v) is 1.79. The van der Waals surface area contributed by atoms with Crippen LogP contribution in [0.5, 0.6) is 5.75 Å². The van der Waals surface area contributed by atoms with E-state index in [0.717, 1.165) is 5.56 Å². The van der Waals surface area contributed by atoms with Crippen molar-refractivity contribution < 1.29 is 13.9 Å². The van der Waals surface area contributed by atoms with Crippen LogP contribution in [-0.4, -0.2) is 13.0 Å². The Bertz CT molecular complexity index is 629. The minimum atomic E-state index is -0.552. The molecule has 0 heterocycles. The number of anilines is 2. The van der Waals surface area contributed by atoms with Crippen LogP contribution in [0.3, 0.4) is 0 Å². The van der Waals surface area contributed by atoms with Gasteiger partial charge in [-0.3, -0.25) is 4.79 Å². The zero-order chi connectivity index (χ0) is 14.5. The summed E-state index contributed by atoms with van der Waals surface area (Å²) in [6.07, 6.45) is 0.140. The third-order valence-electron chi connectivity index (χ3n) is 2.77. The molecule has 2 aromatic rings. The lowest BCUT2D eigenvalue weighted by Gasteiger charge is -2.08. The second-order valence-corrected chi connectivity index (χ2v) is 4.32. The number of nitrogens with one attached hydrogen (secondary N) is 1. The third kappa shape index (κ3) is 3.47. The number of ether oxygens (including phenoxy) is 1. The quantitative estimate of drug-likeness (QED) is 0.842. The molecular formula is C15H15FN2O2. The Hall–Kier alpha value is -2.56. The lowest BCUT2D eigenvalue weighted by molar-refractivity contribution is -0.115. The lowest BCUT2D eigenvalue weighted by atomic mass is 10.1. The molecule has 0 bridgehead atoms.